The van der Waals surface area contributed by atoms with Gasteiger partial charge in [-0.25, -0.2) is 13.2 Å². The van der Waals surface area contributed by atoms with Crippen molar-refractivity contribution in [1.82, 2.24) is 5.32 Å². The van der Waals surface area contributed by atoms with Gasteiger partial charge in [-0.15, -0.1) is 11.3 Å². The molecule has 108 valence electrons. The molecule has 7 heteroatoms. The van der Waals surface area contributed by atoms with Crippen molar-refractivity contribution in [2.45, 2.75) is 13.0 Å². The molecule has 1 N–H and O–H groups in total. The fourth-order valence-electron chi connectivity index (χ4n) is 1.88. The molecule has 1 aromatic carbocycles. The molecule has 1 unspecified atom stereocenters. The number of hydrogen-bond acceptors (Lipinski definition) is 2. The Morgan fingerprint density at radius 3 is 2.30 bits per heavy atom. The molecule has 1 atom stereocenters. The normalized spacial score (nSPS) is 12.7. The average Bonchev–Trinajstić information content (AvgIpc) is 2.67. The maximum atomic E-state index is 13.9. The summed E-state index contributed by atoms with van der Waals surface area (Å²) in [6, 6.07) is 2.26. The minimum atomic E-state index is -0.940. The van der Waals surface area contributed by atoms with Gasteiger partial charge in [0.1, 0.15) is 17.5 Å². The van der Waals surface area contributed by atoms with Gasteiger partial charge in [0.05, 0.1) is 14.9 Å². The highest BCUT2D eigenvalue weighted by atomic mass is 79.9. The first-order valence-electron chi connectivity index (χ1n) is 5.76. The third-order valence-corrected chi connectivity index (χ3v) is 5.23. The monoisotopic (exact) mass is 383 g/mol. The number of benzene rings is 1. The SMILES string of the molecule is CCNC(c1cc(Cl)c(Br)s1)c1c(F)cc(F)cc1F. The molecular weight excluding hydrogens is 375 g/mol. The van der Waals surface area contributed by atoms with Gasteiger partial charge < -0.3 is 5.32 Å². The zero-order valence-electron chi connectivity index (χ0n) is 10.3. The number of rotatable bonds is 4. The molecule has 0 aliphatic heterocycles. The lowest BCUT2D eigenvalue weighted by atomic mass is 10.0. The van der Waals surface area contributed by atoms with Crippen molar-refractivity contribution >= 4 is 38.9 Å². The third-order valence-electron chi connectivity index (χ3n) is 2.69. The van der Waals surface area contributed by atoms with Crippen molar-refractivity contribution in [2.75, 3.05) is 6.54 Å². The summed E-state index contributed by atoms with van der Waals surface area (Å²) in [5.74, 6) is -2.78. The van der Waals surface area contributed by atoms with Crippen molar-refractivity contribution in [3.8, 4) is 0 Å². The highest BCUT2D eigenvalue weighted by Crippen LogP contribution is 2.38. The van der Waals surface area contributed by atoms with E-state index in [0.29, 0.717) is 32.4 Å². The third kappa shape index (κ3) is 3.19. The van der Waals surface area contributed by atoms with Crippen LogP contribution < -0.4 is 5.32 Å². The molecule has 20 heavy (non-hydrogen) atoms. The van der Waals surface area contributed by atoms with Gasteiger partial charge in [0.25, 0.3) is 0 Å². The van der Waals surface area contributed by atoms with Crippen LogP contribution in [0.5, 0.6) is 0 Å². The van der Waals surface area contributed by atoms with Crippen LogP contribution in [0.2, 0.25) is 5.02 Å². The molecule has 1 nitrogen and oxygen atoms in total. The van der Waals surface area contributed by atoms with Gasteiger partial charge >= 0.3 is 0 Å². The topological polar surface area (TPSA) is 12.0 Å². The number of hydrogen-bond donors (Lipinski definition) is 1. The van der Waals surface area contributed by atoms with Crippen molar-refractivity contribution in [3.05, 3.63) is 54.9 Å². The Labute approximate surface area is 131 Å². The van der Waals surface area contributed by atoms with E-state index >= 15 is 0 Å². The lowest BCUT2D eigenvalue weighted by molar-refractivity contribution is 0.494. The van der Waals surface area contributed by atoms with Gasteiger partial charge in [0, 0.05) is 22.6 Å². The molecule has 0 aliphatic carbocycles. The van der Waals surface area contributed by atoms with Crippen LogP contribution in [-0.4, -0.2) is 6.54 Å². The van der Waals surface area contributed by atoms with Crippen LogP contribution in [0, 0.1) is 17.5 Å². The van der Waals surface area contributed by atoms with Crippen LogP contribution in [0.3, 0.4) is 0 Å². The minimum absolute atomic E-state index is 0.210. The van der Waals surface area contributed by atoms with Gasteiger partial charge in [-0.3, -0.25) is 0 Å². The van der Waals surface area contributed by atoms with E-state index in [-0.39, 0.29) is 5.56 Å². The summed E-state index contributed by atoms with van der Waals surface area (Å²) in [6.07, 6.45) is 0. The van der Waals surface area contributed by atoms with E-state index in [1.54, 1.807) is 6.07 Å². The van der Waals surface area contributed by atoms with E-state index in [1.807, 2.05) is 6.92 Å². The first-order chi connectivity index (χ1) is 9.43. The van der Waals surface area contributed by atoms with Crippen LogP contribution in [0.1, 0.15) is 23.4 Å². The second-order valence-electron chi connectivity index (χ2n) is 4.04. The second-order valence-corrected chi connectivity index (χ2v) is 6.85. The quantitative estimate of drug-likeness (QED) is 0.756. The number of nitrogens with one attached hydrogen (secondary N) is 1. The fraction of sp³-hybridized carbons (Fsp3) is 0.231. The summed E-state index contributed by atoms with van der Waals surface area (Å²) in [5.41, 5.74) is -0.210. The average molecular weight is 385 g/mol. The Morgan fingerprint density at radius 1 is 1.25 bits per heavy atom. The number of halogens is 5. The van der Waals surface area contributed by atoms with Crippen LogP contribution in [0.25, 0.3) is 0 Å². The molecule has 0 saturated carbocycles. The van der Waals surface area contributed by atoms with E-state index in [2.05, 4.69) is 21.2 Å². The molecule has 2 aromatic rings. The highest BCUT2D eigenvalue weighted by Gasteiger charge is 2.24. The van der Waals surface area contributed by atoms with Gasteiger partial charge in [-0.1, -0.05) is 18.5 Å². The Balaban J connectivity index is 2.54. The molecule has 0 amide bonds. The van der Waals surface area contributed by atoms with Crippen molar-refractivity contribution in [3.63, 3.8) is 0 Å². The predicted octanol–water partition coefficient (Wildman–Crippen LogP) is 5.28. The van der Waals surface area contributed by atoms with Crippen LogP contribution in [-0.2, 0) is 0 Å². The molecule has 0 spiro atoms. The Kier molecular flexibility index (Phi) is 5.12. The first kappa shape index (κ1) is 15.8. The van der Waals surface area contributed by atoms with E-state index in [0.717, 1.165) is 0 Å². The largest absolute Gasteiger partial charge is 0.306 e. The van der Waals surface area contributed by atoms with E-state index < -0.39 is 23.5 Å². The maximum absolute atomic E-state index is 13.9. The van der Waals surface area contributed by atoms with Gasteiger partial charge in [-0.05, 0) is 28.5 Å². The van der Waals surface area contributed by atoms with Gasteiger partial charge in [0.2, 0.25) is 0 Å². The van der Waals surface area contributed by atoms with Crippen LogP contribution in [0.4, 0.5) is 13.2 Å². The summed E-state index contributed by atoms with van der Waals surface area (Å²) in [4.78, 5) is 0.646. The van der Waals surface area contributed by atoms with E-state index in [4.69, 9.17) is 11.6 Å². The van der Waals surface area contributed by atoms with Crippen LogP contribution >= 0.6 is 38.9 Å². The smallest absolute Gasteiger partial charge is 0.134 e. The van der Waals surface area contributed by atoms with Gasteiger partial charge in [-0.2, -0.15) is 0 Å². The molecule has 0 aliphatic rings. The highest BCUT2D eigenvalue weighted by molar-refractivity contribution is 9.11. The molecule has 0 bridgehead atoms. The minimum Gasteiger partial charge on any atom is -0.306 e. The van der Waals surface area contributed by atoms with E-state index in [1.165, 1.54) is 11.3 Å². The molecular formula is C13H10BrClF3NS. The number of thiophene rings is 1. The van der Waals surface area contributed by atoms with Crippen molar-refractivity contribution < 1.29 is 13.2 Å². The van der Waals surface area contributed by atoms with Crippen molar-refractivity contribution in [1.29, 1.82) is 0 Å². The molecule has 0 saturated heterocycles. The zero-order valence-corrected chi connectivity index (χ0v) is 13.5. The molecule has 2 rings (SSSR count). The summed E-state index contributed by atoms with van der Waals surface area (Å²) >= 11 is 10.5. The fourth-order valence-corrected chi connectivity index (χ4v) is 3.72. The van der Waals surface area contributed by atoms with Gasteiger partial charge in [0.15, 0.2) is 0 Å². The lowest BCUT2D eigenvalue weighted by Crippen LogP contribution is -2.23. The molecule has 0 radical (unpaired) electrons. The zero-order chi connectivity index (χ0) is 14.9. The summed E-state index contributed by atoms with van der Waals surface area (Å²) in [7, 11) is 0. The first-order valence-corrected chi connectivity index (χ1v) is 7.75. The maximum Gasteiger partial charge on any atom is 0.134 e. The summed E-state index contributed by atoms with van der Waals surface area (Å²) in [6.45, 7) is 2.31. The second kappa shape index (κ2) is 6.47. The molecule has 0 fully saturated rings. The molecule has 1 aromatic heterocycles. The Morgan fingerprint density at radius 2 is 1.85 bits per heavy atom. The Bertz CT molecular complexity index is 590. The van der Waals surface area contributed by atoms with Crippen LogP contribution in [0.15, 0.2) is 22.0 Å². The summed E-state index contributed by atoms with van der Waals surface area (Å²) in [5, 5.41) is 3.45. The Hall–Kier alpha value is -0.560. The lowest BCUT2D eigenvalue weighted by Gasteiger charge is -2.18. The predicted molar refractivity (Wildman–Crippen MR) is 78.9 cm³/mol. The molecule has 1 heterocycles. The standard InChI is InChI=1S/C13H10BrClF3NS/c1-2-19-12(10-5-7(15)13(14)20-10)11-8(17)3-6(16)4-9(11)18/h3-5,12,19H,2H2,1H3. The van der Waals surface area contributed by atoms with Crippen molar-refractivity contribution in [2.24, 2.45) is 0 Å². The van der Waals surface area contributed by atoms with E-state index in [9.17, 15) is 13.2 Å². The summed E-state index contributed by atoms with van der Waals surface area (Å²) < 4.78 is 41.5.